The zero-order chi connectivity index (χ0) is 42.0. The van der Waals surface area contributed by atoms with E-state index in [1.54, 1.807) is 81.4 Å². The fourth-order valence-electron chi connectivity index (χ4n) is 6.52. The van der Waals surface area contributed by atoms with E-state index in [4.69, 9.17) is 21.1 Å². The molecule has 5 atom stereocenters. The van der Waals surface area contributed by atoms with E-state index in [-0.39, 0.29) is 31.1 Å². The Labute approximate surface area is 332 Å². The molecule has 2 amide bonds. The fourth-order valence-corrected chi connectivity index (χ4v) is 6.64. The summed E-state index contributed by atoms with van der Waals surface area (Å²) in [5.74, 6) is -5.10. The van der Waals surface area contributed by atoms with Crippen LogP contribution in [0.1, 0.15) is 95.5 Å². The number of benzene rings is 3. The fraction of sp³-hybridized carbons (Fsp3) is 0.488. The standard InChI is InChI=1S/C43H54ClF3N2O7/c1-25(2)34(39(52)43(45,46)47)23-36(51)38(30-15-19-33(55-8)20-16-30)49-40(53)31(22-35(50)37(26(3)4)29-13-17-32(44)18-14-29)21-27-9-11-28(12-10-27)24-48-41(54)56-42(5,6)7/h9-20,25-26,31,34,37-39,52H,21-24H2,1-8H3,(H,48,54)(H,49,53)/t31-,34+,37-,38+,39+/m1/s1. The first-order chi connectivity index (χ1) is 26.1. The van der Waals surface area contributed by atoms with Crippen molar-refractivity contribution in [2.75, 3.05) is 7.11 Å². The van der Waals surface area contributed by atoms with E-state index >= 15 is 0 Å². The monoisotopic (exact) mass is 802 g/mol. The van der Waals surface area contributed by atoms with Gasteiger partial charge in [-0.25, -0.2) is 4.79 Å². The Bertz CT molecular complexity index is 1760. The van der Waals surface area contributed by atoms with Crippen LogP contribution < -0.4 is 15.4 Å². The summed E-state index contributed by atoms with van der Waals surface area (Å²) in [7, 11) is 1.45. The van der Waals surface area contributed by atoms with Crippen molar-refractivity contribution in [1.82, 2.24) is 10.6 Å². The van der Waals surface area contributed by atoms with E-state index in [1.165, 1.54) is 33.1 Å². The SMILES string of the molecule is COc1ccc([C@H](NC(=O)[C@@H](CC(=O)[C@@H](c2ccc(Cl)cc2)C(C)C)Cc2ccc(CNC(=O)OC(C)(C)C)cc2)C(=O)C[C@@H](C(C)C)[C@H](O)C(F)(F)F)cc1. The van der Waals surface area contributed by atoms with Crippen molar-refractivity contribution in [1.29, 1.82) is 0 Å². The second-order valence-electron chi connectivity index (χ2n) is 15.8. The zero-order valence-corrected chi connectivity index (χ0v) is 34.0. The lowest BCUT2D eigenvalue weighted by molar-refractivity contribution is -0.224. The zero-order valence-electron chi connectivity index (χ0n) is 33.2. The number of nitrogens with one attached hydrogen (secondary N) is 2. The van der Waals surface area contributed by atoms with Crippen LogP contribution in [0.25, 0.3) is 0 Å². The maximum absolute atomic E-state index is 14.4. The maximum Gasteiger partial charge on any atom is 0.414 e. The third kappa shape index (κ3) is 14.0. The largest absolute Gasteiger partial charge is 0.497 e. The summed E-state index contributed by atoms with van der Waals surface area (Å²) in [5.41, 5.74) is 1.80. The molecule has 306 valence electrons. The van der Waals surface area contributed by atoms with Crippen molar-refractivity contribution in [2.24, 2.45) is 23.7 Å². The van der Waals surface area contributed by atoms with Crippen molar-refractivity contribution >= 4 is 35.2 Å². The molecule has 56 heavy (non-hydrogen) atoms. The van der Waals surface area contributed by atoms with Gasteiger partial charge in [-0.15, -0.1) is 0 Å². The molecule has 0 aromatic heterocycles. The minimum Gasteiger partial charge on any atom is -0.497 e. The number of carbonyl (C=O) groups is 4. The lowest BCUT2D eigenvalue weighted by atomic mass is 9.80. The molecule has 3 aromatic rings. The third-order valence-electron chi connectivity index (χ3n) is 9.49. The first-order valence-corrected chi connectivity index (χ1v) is 19.0. The van der Waals surface area contributed by atoms with Crippen LogP contribution >= 0.6 is 11.6 Å². The van der Waals surface area contributed by atoms with Crippen LogP contribution in [0.2, 0.25) is 5.02 Å². The number of amides is 2. The summed E-state index contributed by atoms with van der Waals surface area (Å²) >= 11 is 6.12. The van der Waals surface area contributed by atoms with Crippen LogP contribution in [0, 0.1) is 23.7 Å². The molecule has 0 unspecified atom stereocenters. The second kappa shape index (κ2) is 20.1. The Morgan fingerprint density at radius 3 is 1.82 bits per heavy atom. The van der Waals surface area contributed by atoms with Crippen LogP contribution in [0.15, 0.2) is 72.8 Å². The van der Waals surface area contributed by atoms with Crippen LogP contribution in [0.4, 0.5) is 18.0 Å². The number of aliphatic hydroxyl groups is 1. The van der Waals surface area contributed by atoms with Crippen molar-refractivity contribution in [3.63, 3.8) is 0 Å². The van der Waals surface area contributed by atoms with Gasteiger partial charge in [0.15, 0.2) is 11.9 Å². The molecule has 0 aliphatic heterocycles. The number of halogens is 4. The van der Waals surface area contributed by atoms with Gasteiger partial charge >= 0.3 is 12.3 Å². The van der Waals surface area contributed by atoms with Crippen molar-refractivity contribution in [3.05, 3.63) is 100 Å². The Morgan fingerprint density at radius 1 is 0.768 bits per heavy atom. The van der Waals surface area contributed by atoms with Gasteiger partial charge in [0.1, 0.15) is 23.2 Å². The van der Waals surface area contributed by atoms with Crippen molar-refractivity contribution in [2.45, 2.75) is 104 Å². The number of Topliss-reactive ketones (excluding diaryl/α,β-unsaturated/α-hetero) is 2. The summed E-state index contributed by atoms with van der Waals surface area (Å²) in [6, 6.07) is 18.8. The van der Waals surface area contributed by atoms with Gasteiger partial charge in [0, 0.05) is 42.2 Å². The quantitative estimate of drug-likeness (QED) is 0.117. The van der Waals surface area contributed by atoms with Gasteiger partial charge < -0.3 is 25.2 Å². The predicted molar refractivity (Wildman–Crippen MR) is 209 cm³/mol. The Balaban J connectivity index is 1.99. The van der Waals surface area contributed by atoms with Crippen LogP contribution in [-0.4, -0.2) is 53.7 Å². The van der Waals surface area contributed by atoms with Crippen LogP contribution in [0.3, 0.4) is 0 Å². The molecule has 3 rings (SSSR count). The molecular weight excluding hydrogens is 749 g/mol. The second-order valence-corrected chi connectivity index (χ2v) is 16.2. The topological polar surface area (TPSA) is 131 Å². The average molecular weight is 803 g/mol. The minimum absolute atomic E-state index is 0.0771. The summed E-state index contributed by atoms with van der Waals surface area (Å²) in [4.78, 5) is 54.7. The highest BCUT2D eigenvalue weighted by Crippen LogP contribution is 2.34. The van der Waals surface area contributed by atoms with Gasteiger partial charge in [-0.3, -0.25) is 14.4 Å². The molecule has 13 heteroatoms. The molecule has 0 heterocycles. The minimum atomic E-state index is -4.96. The number of methoxy groups -OCH3 is 1. The highest BCUT2D eigenvalue weighted by atomic mass is 35.5. The molecule has 3 aromatic carbocycles. The van der Waals surface area contributed by atoms with Gasteiger partial charge in [0.05, 0.1) is 7.11 Å². The van der Waals surface area contributed by atoms with Gasteiger partial charge in [-0.05, 0) is 85.5 Å². The summed E-state index contributed by atoms with van der Waals surface area (Å²) < 4.78 is 51.6. The van der Waals surface area contributed by atoms with E-state index < -0.39 is 71.8 Å². The molecule has 0 fully saturated rings. The number of alkyl halides is 3. The van der Waals surface area contributed by atoms with Gasteiger partial charge in [0.2, 0.25) is 5.91 Å². The smallest absolute Gasteiger partial charge is 0.414 e. The molecule has 0 spiro atoms. The highest BCUT2D eigenvalue weighted by molar-refractivity contribution is 6.30. The van der Waals surface area contributed by atoms with Crippen LogP contribution in [0.5, 0.6) is 5.75 Å². The lowest BCUT2D eigenvalue weighted by Crippen LogP contribution is -2.43. The summed E-state index contributed by atoms with van der Waals surface area (Å²) in [5, 5.41) is 16.2. The van der Waals surface area contributed by atoms with Gasteiger partial charge in [-0.1, -0.05) is 87.8 Å². The number of ether oxygens (including phenoxy) is 2. The number of hydrogen-bond donors (Lipinski definition) is 3. The molecule has 0 aliphatic carbocycles. The number of aliphatic hydroxyl groups excluding tert-OH is 1. The number of alkyl carbamates (subject to hydrolysis) is 1. The number of ketones is 2. The first-order valence-electron chi connectivity index (χ1n) is 18.6. The molecular formula is C43H54ClF3N2O7. The molecule has 0 saturated carbocycles. The highest BCUT2D eigenvalue weighted by Gasteiger charge is 2.46. The number of hydrogen-bond acceptors (Lipinski definition) is 7. The molecule has 9 nitrogen and oxygen atoms in total. The number of carbonyl (C=O) groups excluding carboxylic acids is 4. The predicted octanol–water partition coefficient (Wildman–Crippen LogP) is 8.94. The number of rotatable bonds is 18. The van der Waals surface area contributed by atoms with E-state index in [2.05, 4.69) is 10.6 Å². The Kier molecular flexibility index (Phi) is 16.5. The molecule has 0 saturated heterocycles. The van der Waals surface area contributed by atoms with Crippen LogP contribution in [-0.2, 0) is 32.1 Å². The van der Waals surface area contributed by atoms with E-state index in [9.17, 15) is 37.5 Å². The molecule has 0 bridgehead atoms. The normalized spacial score (nSPS) is 14.7. The first kappa shape index (κ1) is 46.0. The third-order valence-corrected chi connectivity index (χ3v) is 9.75. The van der Waals surface area contributed by atoms with Crippen molar-refractivity contribution < 1.29 is 46.9 Å². The average Bonchev–Trinajstić information content (AvgIpc) is 3.11. The summed E-state index contributed by atoms with van der Waals surface area (Å²) in [6.07, 6.45) is -9.11. The maximum atomic E-state index is 14.4. The Morgan fingerprint density at radius 2 is 1.32 bits per heavy atom. The van der Waals surface area contributed by atoms with E-state index in [1.807, 2.05) is 13.8 Å². The van der Waals surface area contributed by atoms with Gasteiger partial charge in [-0.2, -0.15) is 13.2 Å². The van der Waals surface area contributed by atoms with Gasteiger partial charge in [0.25, 0.3) is 0 Å². The van der Waals surface area contributed by atoms with E-state index in [0.29, 0.717) is 21.9 Å². The van der Waals surface area contributed by atoms with E-state index in [0.717, 1.165) is 11.1 Å². The molecule has 0 radical (unpaired) electrons. The van der Waals surface area contributed by atoms with Crippen molar-refractivity contribution in [3.8, 4) is 5.75 Å². The molecule has 3 N–H and O–H groups in total. The molecule has 0 aliphatic rings. The summed E-state index contributed by atoms with van der Waals surface area (Å²) in [6.45, 7) is 12.2. The Hall–Kier alpha value is -4.42. The lowest BCUT2D eigenvalue weighted by Gasteiger charge is -2.30.